The lowest BCUT2D eigenvalue weighted by atomic mass is 9.82. The van der Waals surface area contributed by atoms with E-state index in [2.05, 4.69) is 146 Å². The lowest BCUT2D eigenvalue weighted by Crippen LogP contribution is -2.14. The van der Waals surface area contributed by atoms with Crippen molar-refractivity contribution in [2.45, 2.75) is 19.3 Å². The second kappa shape index (κ2) is 11.1. The summed E-state index contributed by atoms with van der Waals surface area (Å²) in [5, 5.41) is 4.58. The zero-order valence-electron chi connectivity index (χ0n) is 29.3. The number of nitrogens with zero attached hydrogens (tertiary/aromatic N) is 3. The van der Waals surface area contributed by atoms with Crippen LogP contribution in [-0.4, -0.2) is 14.5 Å². The fraction of sp³-hybridized carbons (Fsp3) is 0.0612. The predicted molar refractivity (Wildman–Crippen MR) is 218 cm³/mol. The molecule has 0 N–H and O–H groups in total. The van der Waals surface area contributed by atoms with Crippen LogP contribution in [0.15, 0.2) is 168 Å². The fourth-order valence-electron chi connectivity index (χ4n) is 8.72. The van der Waals surface area contributed by atoms with E-state index in [-0.39, 0.29) is 5.41 Å². The molecule has 1 aliphatic carbocycles. The molecule has 0 amide bonds. The van der Waals surface area contributed by atoms with Crippen LogP contribution in [0.4, 0.5) is 0 Å². The Morgan fingerprint density at radius 2 is 1.21 bits per heavy atom. The molecule has 4 nitrogen and oxygen atoms in total. The highest BCUT2D eigenvalue weighted by Gasteiger charge is 2.37. The van der Waals surface area contributed by atoms with Crippen LogP contribution in [0.3, 0.4) is 0 Å². The summed E-state index contributed by atoms with van der Waals surface area (Å²) >= 11 is 0. The van der Waals surface area contributed by atoms with Gasteiger partial charge in [-0.15, -0.1) is 0 Å². The molecule has 3 heterocycles. The van der Waals surface area contributed by atoms with Gasteiger partial charge in [0.05, 0.1) is 33.5 Å². The molecule has 3 aromatic heterocycles. The number of para-hydroxylation sites is 1. The number of aromatic nitrogens is 3. The van der Waals surface area contributed by atoms with Gasteiger partial charge in [0.15, 0.2) is 5.82 Å². The van der Waals surface area contributed by atoms with Gasteiger partial charge in [-0.3, -0.25) is 0 Å². The standard InChI is InChI=1S/C49H33N3O/c1-49(2)37-20-11-9-19-35(37)45-38(49)26-25-34-33-18-10-12-21-41(33)52(47(34)45)42-22-13-23-44-46(42)36-28-32(24-27-43(36)53-44)48-50-39(30-14-5-3-6-15-30)29-40(51-48)31-16-7-4-8-17-31/h3-29H,1-2H3. The van der Waals surface area contributed by atoms with E-state index >= 15 is 0 Å². The zero-order valence-corrected chi connectivity index (χ0v) is 29.3. The predicted octanol–water partition coefficient (Wildman–Crippen LogP) is 12.8. The summed E-state index contributed by atoms with van der Waals surface area (Å²) in [7, 11) is 0. The molecule has 250 valence electrons. The number of furan rings is 1. The van der Waals surface area contributed by atoms with Crippen molar-refractivity contribution in [1.82, 2.24) is 14.5 Å². The molecular weight excluding hydrogens is 647 g/mol. The third-order valence-electron chi connectivity index (χ3n) is 11.2. The van der Waals surface area contributed by atoms with Crippen molar-refractivity contribution in [3.05, 3.63) is 175 Å². The van der Waals surface area contributed by atoms with Crippen LogP contribution in [0, 0.1) is 0 Å². The second-order valence-corrected chi connectivity index (χ2v) is 14.6. The van der Waals surface area contributed by atoms with Gasteiger partial charge in [0.1, 0.15) is 11.2 Å². The van der Waals surface area contributed by atoms with Crippen molar-refractivity contribution in [2.24, 2.45) is 0 Å². The average molecular weight is 680 g/mol. The summed E-state index contributed by atoms with van der Waals surface area (Å²) in [6.45, 7) is 4.70. The number of rotatable bonds is 4. The van der Waals surface area contributed by atoms with Crippen LogP contribution in [0.1, 0.15) is 25.0 Å². The smallest absolute Gasteiger partial charge is 0.160 e. The van der Waals surface area contributed by atoms with Crippen molar-refractivity contribution in [2.75, 3.05) is 0 Å². The maximum atomic E-state index is 6.62. The first-order valence-electron chi connectivity index (χ1n) is 18.2. The maximum absolute atomic E-state index is 6.62. The van der Waals surface area contributed by atoms with Gasteiger partial charge in [0, 0.05) is 43.8 Å². The third-order valence-corrected chi connectivity index (χ3v) is 11.2. The average Bonchev–Trinajstić information content (AvgIpc) is 3.84. The van der Waals surface area contributed by atoms with Gasteiger partial charge in [-0.05, 0) is 59.2 Å². The van der Waals surface area contributed by atoms with E-state index in [0.29, 0.717) is 5.82 Å². The molecule has 0 saturated carbocycles. The minimum Gasteiger partial charge on any atom is -0.456 e. The van der Waals surface area contributed by atoms with Gasteiger partial charge in [0.2, 0.25) is 0 Å². The Balaban J connectivity index is 1.20. The molecule has 4 heteroatoms. The van der Waals surface area contributed by atoms with E-state index in [1.807, 2.05) is 36.4 Å². The highest BCUT2D eigenvalue weighted by Crippen LogP contribution is 2.53. The molecular formula is C49H33N3O. The molecule has 0 fully saturated rings. The van der Waals surface area contributed by atoms with Crippen molar-refractivity contribution < 1.29 is 4.42 Å². The van der Waals surface area contributed by atoms with E-state index < -0.39 is 0 Å². The molecule has 0 atom stereocenters. The summed E-state index contributed by atoms with van der Waals surface area (Å²) in [6, 6.07) is 57.9. The van der Waals surface area contributed by atoms with Gasteiger partial charge in [-0.25, -0.2) is 9.97 Å². The highest BCUT2D eigenvalue weighted by atomic mass is 16.3. The Kier molecular flexibility index (Phi) is 6.27. The topological polar surface area (TPSA) is 43.9 Å². The van der Waals surface area contributed by atoms with Gasteiger partial charge < -0.3 is 8.98 Å². The highest BCUT2D eigenvalue weighted by molar-refractivity contribution is 6.18. The fourth-order valence-corrected chi connectivity index (χ4v) is 8.72. The lowest BCUT2D eigenvalue weighted by Gasteiger charge is -2.21. The quantitative estimate of drug-likeness (QED) is 0.186. The molecule has 0 bridgehead atoms. The van der Waals surface area contributed by atoms with Gasteiger partial charge in [-0.1, -0.05) is 135 Å². The Morgan fingerprint density at radius 3 is 1.98 bits per heavy atom. The summed E-state index contributed by atoms with van der Waals surface area (Å²) in [5.74, 6) is 0.674. The Labute approximate surface area is 306 Å². The van der Waals surface area contributed by atoms with E-state index in [0.717, 1.165) is 55.7 Å². The molecule has 7 aromatic carbocycles. The van der Waals surface area contributed by atoms with Crippen LogP contribution in [0.25, 0.3) is 94.5 Å². The molecule has 0 spiro atoms. The van der Waals surface area contributed by atoms with E-state index in [4.69, 9.17) is 14.4 Å². The number of hydrogen-bond acceptors (Lipinski definition) is 3. The summed E-state index contributed by atoms with van der Waals surface area (Å²) < 4.78 is 9.10. The molecule has 11 rings (SSSR count). The van der Waals surface area contributed by atoms with Crippen LogP contribution < -0.4 is 0 Å². The summed E-state index contributed by atoms with van der Waals surface area (Å²) in [6.07, 6.45) is 0. The summed E-state index contributed by atoms with van der Waals surface area (Å²) in [5.41, 5.74) is 15.2. The van der Waals surface area contributed by atoms with Gasteiger partial charge >= 0.3 is 0 Å². The first kappa shape index (κ1) is 29.9. The maximum Gasteiger partial charge on any atom is 0.160 e. The Morgan fingerprint density at radius 1 is 0.509 bits per heavy atom. The largest absolute Gasteiger partial charge is 0.456 e. The molecule has 0 radical (unpaired) electrons. The third kappa shape index (κ3) is 4.36. The number of benzene rings is 7. The Hall–Kier alpha value is -6.78. The molecule has 53 heavy (non-hydrogen) atoms. The van der Waals surface area contributed by atoms with Crippen molar-refractivity contribution in [3.8, 4) is 50.7 Å². The zero-order chi connectivity index (χ0) is 35.3. The number of fused-ring (bicyclic) bond motifs is 10. The first-order valence-corrected chi connectivity index (χ1v) is 18.2. The normalized spacial score (nSPS) is 13.2. The van der Waals surface area contributed by atoms with Crippen molar-refractivity contribution in [1.29, 1.82) is 0 Å². The van der Waals surface area contributed by atoms with Crippen LogP contribution in [0.2, 0.25) is 0 Å². The minimum atomic E-state index is -0.114. The lowest BCUT2D eigenvalue weighted by molar-refractivity contribution is 0.661. The molecule has 0 saturated heterocycles. The molecule has 1 aliphatic rings. The summed E-state index contributed by atoms with van der Waals surface area (Å²) in [4.78, 5) is 10.3. The van der Waals surface area contributed by atoms with Crippen LogP contribution in [-0.2, 0) is 5.41 Å². The monoisotopic (exact) mass is 679 g/mol. The Bertz CT molecular complexity index is 3020. The van der Waals surface area contributed by atoms with E-state index in [9.17, 15) is 0 Å². The molecule has 0 aliphatic heterocycles. The van der Waals surface area contributed by atoms with Crippen molar-refractivity contribution >= 4 is 43.7 Å². The van der Waals surface area contributed by atoms with Crippen LogP contribution >= 0.6 is 0 Å². The SMILES string of the molecule is CC1(C)c2ccccc2-c2c1ccc1c3ccccc3n(-c3cccc4oc5ccc(-c6nc(-c7ccccc7)cc(-c7ccccc7)n6)cc5c34)c21. The molecule has 10 aromatic rings. The number of hydrogen-bond donors (Lipinski definition) is 0. The van der Waals surface area contributed by atoms with Crippen molar-refractivity contribution in [3.63, 3.8) is 0 Å². The first-order chi connectivity index (χ1) is 26.0. The van der Waals surface area contributed by atoms with Gasteiger partial charge in [0.25, 0.3) is 0 Å². The van der Waals surface area contributed by atoms with Crippen LogP contribution in [0.5, 0.6) is 0 Å². The van der Waals surface area contributed by atoms with E-state index in [1.165, 1.54) is 44.1 Å². The molecule has 0 unspecified atom stereocenters. The van der Waals surface area contributed by atoms with Gasteiger partial charge in [-0.2, -0.15) is 0 Å². The minimum absolute atomic E-state index is 0.114. The van der Waals surface area contributed by atoms with E-state index in [1.54, 1.807) is 0 Å². The second-order valence-electron chi connectivity index (χ2n) is 14.6.